The molecule has 1 heterocycles. The van der Waals surface area contributed by atoms with Crippen LogP contribution in [0.3, 0.4) is 0 Å². The van der Waals surface area contributed by atoms with E-state index in [0.717, 1.165) is 6.07 Å². The van der Waals surface area contributed by atoms with Crippen molar-refractivity contribution in [2.75, 3.05) is 7.11 Å². The monoisotopic (exact) mass is 247 g/mol. The van der Waals surface area contributed by atoms with Crippen LogP contribution in [0.4, 0.5) is 4.39 Å². The Bertz CT molecular complexity index is 599. The van der Waals surface area contributed by atoms with Gasteiger partial charge in [0, 0.05) is 11.8 Å². The summed E-state index contributed by atoms with van der Waals surface area (Å²) in [7, 11) is 1.21. The fourth-order valence-corrected chi connectivity index (χ4v) is 1.58. The number of aromatic hydroxyl groups is 1. The molecule has 0 aliphatic rings. The molecule has 1 aromatic heterocycles. The van der Waals surface area contributed by atoms with Gasteiger partial charge in [0.25, 0.3) is 0 Å². The molecule has 0 aliphatic heterocycles. The van der Waals surface area contributed by atoms with Crippen LogP contribution in [0.5, 0.6) is 5.75 Å². The van der Waals surface area contributed by atoms with E-state index < -0.39 is 11.8 Å². The summed E-state index contributed by atoms with van der Waals surface area (Å²) in [5.74, 6) is -1.33. The topological polar surface area (TPSA) is 59.4 Å². The average Bonchev–Trinajstić information content (AvgIpc) is 2.37. The van der Waals surface area contributed by atoms with Crippen LogP contribution >= 0.6 is 0 Å². The van der Waals surface area contributed by atoms with Crippen LogP contribution in [0, 0.1) is 5.82 Å². The second kappa shape index (κ2) is 4.83. The molecular formula is C13H10FNO3. The molecule has 0 saturated heterocycles. The lowest BCUT2D eigenvalue weighted by Crippen LogP contribution is -2.02. The number of hydrogen-bond acceptors (Lipinski definition) is 4. The van der Waals surface area contributed by atoms with Crippen molar-refractivity contribution in [2.45, 2.75) is 0 Å². The number of carbonyl (C=O) groups is 1. The number of benzene rings is 1. The molecule has 2 rings (SSSR count). The van der Waals surface area contributed by atoms with Crippen LogP contribution in [0.15, 0.2) is 36.5 Å². The van der Waals surface area contributed by atoms with Gasteiger partial charge in [-0.25, -0.2) is 9.18 Å². The van der Waals surface area contributed by atoms with E-state index in [1.165, 1.54) is 31.5 Å². The van der Waals surface area contributed by atoms with Gasteiger partial charge in [-0.15, -0.1) is 0 Å². The second-order valence-corrected chi connectivity index (χ2v) is 3.59. The average molecular weight is 247 g/mol. The molecule has 0 fully saturated rings. The van der Waals surface area contributed by atoms with Crippen molar-refractivity contribution in [1.29, 1.82) is 0 Å². The minimum absolute atomic E-state index is 0.0672. The van der Waals surface area contributed by atoms with E-state index in [1.807, 2.05) is 0 Å². The number of methoxy groups -OCH3 is 1. The largest absolute Gasteiger partial charge is 0.506 e. The predicted molar refractivity (Wildman–Crippen MR) is 62.6 cm³/mol. The number of esters is 1. The van der Waals surface area contributed by atoms with E-state index in [-0.39, 0.29) is 17.0 Å². The summed E-state index contributed by atoms with van der Waals surface area (Å²) in [6.07, 6.45) is 1.47. The van der Waals surface area contributed by atoms with Gasteiger partial charge in [-0.05, 0) is 30.3 Å². The third-order valence-electron chi connectivity index (χ3n) is 2.38. The summed E-state index contributed by atoms with van der Waals surface area (Å²) in [6, 6.07) is 6.66. The highest BCUT2D eigenvalue weighted by Gasteiger charge is 2.12. The molecule has 0 radical (unpaired) electrons. The highest BCUT2D eigenvalue weighted by molar-refractivity contribution is 5.91. The van der Waals surface area contributed by atoms with E-state index in [4.69, 9.17) is 0 Å². The summed E-state index contributed by atoms with van der Waals surface area (Å²) in [6.45, 7) is 0. The molecule has 0 amide bonds. The highest BCUT2D eigenvalue weighted by atomic mass is 19.1. The maximum Gasteiger partial charge on any atom is 0.337 e. The standard InChI is InChI=1S/C13H10FNO3/c1-18-13(17)9-5-8(6-10(14)7-9)12-11(16)3-2-4-15-12/h2-7,16H,1H3. The van der Waals surface area contributed by atoms with Crippen LogP contribution in [0.2, 0.25) is 0 Å². The molecule has 0 bridgehead atoms. The first-order chi connectivity index (χ1) is 8.61. The molecule has 0 atom stereocenters. The predicted octanol–water partition coefficient (Wildman–Crippen LogP) is 2.38. The highest BCUT2D eigenvalue weighted by Crippen LogP contribution is 2.27. The molecule has 0 unspecified atom stereocenters. The molecule has 0 spiro atoms. The lowest BCUT2D eigenvalue weighted by atomic mass is 10.1. The molecule has 5 heteroatoms. The molecule has 0 saturated carbocycles. The molecular weight excluding hydrogens is 237 g/mol. The van der Waals surface area contributed by atoms with Crippen molar-refractivity contribution in [3.63, 3.8) is 0 Å². The number of nitrogens with zero attached hydrogens (tertiary/aromatic N) is 1. The van der Waals surface area contributed by atoms with E-state index in [0.29, 0.717) is 5.56 Å². The molecule has 18 heavy (non-hydrogen) atoms. The molecule has 1 N–H and O–H groups in total. The van der Waals surface area contributed by atoms with Crippen LogP contribution < -0.4 is 0 Å². The Hall–Kier alpha value is -2.43. The number of aromatic nitrogens is 1. The fourth-order valence-electron chi connectivity index (χ4n) is 1.58. The Kier molecular flexibility index (Phi) is 3.23. The van der Waals surface area contributed by atoms with E-state index in [2.05, 4.69) is 9.72 Å². The van der Waals surface area contributed by atoms with Crippen molar-refractivity contribution in [2.24, 2.45) is 0 Å². The van der Waals surface area contributed by atoms with E-state index in [1.54, 1.807) is 6.07 Å². The van der Waals surface area contributed by atoms with Gasteiger partial charge in [0.15, 0.2) is 0 Å². The molecule has 4 nitrogen and oxygen atoms in total. The van der Waals surface area contributed by atoms with Crippen LogP contribution in [-0.2, 0) is 4.74 Å². The smallest absolute Gasteiger partial charge is 0.337 e. The summed E-state index contributed by atoms with van der Waals surface area (Å²) in [4.78, 5) is 15.3. The van der Waals surface area contributed by atoms with Crippen molar-refractivity contribution < 1.29 is 19.0 Å². The number of halogens is 1. The van der Waals surface area contributed by atoms with Crippen LogP contribution in [-0.4, -0.2) is 23.2 Å². The maximum absolute atomic E-state index is 13.4. The Labute approximate surface area is 103 Å². The SMILES string of the molecule is COC(=O)c1cc(F)cc(-c2ncccc2O)c1. The first-order valence-electron chi connectivity index (χ1n) is 5.15. The van der Waals surface area contributed by atoms with Gasteiger partial charge in [0.2, 0.25) is 0 Å². The van der Waals surface area contributed by atoms with Gasteiger partial charge in [-0.1, -0.05) is 0 Å². The summed E-state index contributed by atoms with van der Waals surface area (Å²) in [5, 5.41) is 9.64. The van der Waals surface area contributed by atoms with Gasteiger partial charge in [-0.3, -0.25) is 4.98 Å². The number of ether oxygens (including phenoxy) is 1. The first-order valence-corrected chi connectivity index (χ1v) is 5.15. The zero-order chi connectivity index (χ0) is 13.1. The second-order valence-electron chi connectivity index (χ2n) is 3.59. The number of carbonyl (C=O) groups excluding carboxylic acids is 1. The van der Waals surface area contributed by atoms with Crippen LogP contribution in [0.25, 0.3) is 11.3 Å². The fraction of sp³-hybridized carbons (Fsp3) is 0.0769. The Morgan fingerprint density at radius 2 is 2.17 bits per heavy atom. The first kappa shape index (κ1) is 12.0. The molecule has 1 aromatic carbocycles. The van der Waals surface area contributed by atoms with Crippen molar-refractivity contribution in [3.8, 4) is 17.0 Å². The summed E-state index contributed by atoms with van der Waals surface area (Å²) >= 11 is 0. The van der Waals surface area contributed by atoms with Gasteiger partial charge in [-0.2, -0.15) is 0 Å². The van der Waals surface area contributed by atoms with Crippen molar-refractivity contribution >= 4 is 5.97 Å². The minimum Gasteiger partial charge on any atom is -0.506 e. The van der Waals surface area contributed by atoms with Gasteiger partial charge in [0.05, 0.1) is 12.7 Å². The van der Waals surface area contributed by atoms with Crippen molar-refractivity contribution in [1.82, 2.24) is 4.98 Å². The van der Waals surface area contributed by atoms with E-state index >= 15 is 0 Å². The van der Waals surface area contributed by atoms with Gasteiger partial charge in [0.1, 0.15) is 17.3 Å². The molecule has 0 aliphatic carbocycles. The normalized spacial score (nSPS) is 10.1. The van der Waals surface area contributed by atoms with Crippen molar-refractivity contribution in [3.05, 3.63) is 47.9 Å². The van der Waals surface area contributed by atoms with Gasteiger partial charge >= 0.3 is 5.97 Å². The Balaban J connectivity index is 2.55. The maximum atomic E-state index is 13.4. The summed E-state index contributed by atoms with van der Waals surface area (Å²) < 4.78 is 17.9. The lowest BCUT2D eigenvalue weighted by molar-refractivity contribution is 0.0600. The minimum atomic E-state index is -0.647. The molecule has 92 valence electrons. The number of pyridine rings is 1. The van der Waals surface area contributed by atoms with Gasteiger partial charge < -0.3 is 9.84 Å². The van der Waals surface area contributed by atoms with E-state index in [9.17, 15) is 14.3 Å². The quantitative estimate of drug-likeness (QED) is 0.828. The third kappa shape index (κ3) is 2.29. The summed E-state index contributed by atoms with van der Waals surface area (Å²) in [5.41, 5.74) is 0.591. The zero-order valence-electron chi connectivity index (χ0n) is 9.55. The Morgan fingerprint density at radius 3 is 2.83 bits per heavy atom. The number of rotatable bonds is 2. The Morgan fingerprint density at radius 1 is 1.39 bits per heavy atom. The lowest BCUT2D eigenvalue weighted by Gasteiger charge is -2.06. The number of hydrogen-bond donors (Lipinski definition) is 1. The zero-order valence-corrected chi connectivity index (χ0v) is 9.55. The van der Waals surface area contributed by atoms with Crippen LogP contribution in [0.1, 0.15) is 10.4 Å². The molecule has 2 aromatic rings. The third-order valence-corrected chi connectivity index (χ3v) is 2.38.